The Morgan fingerprint density at radius 3 is 2.51 bits per heavy atom. The summed E-state index contributed by atoms with van der Waals surface area (Å²) in [5.41, 5.74) is 3.98. The number of methoxy groups -OCH3 is 2. The molecule has 0 saturated heterocycles. The van der Waals surface area contributed by atoms with Gasteiger partial charge in [-0.2, -0.15) is 0 Å². The predicted molar refractivity (Wildman–Crippen MR) is 139 cm³/mol. The molecule has 3 atom stereocenters. The quantitative estimate of drug-likeness (QED) is 0.431. The average molecular weight is 484 g/mol. The van der Waals surface area contributed by atoms with Crippen LogP contribution in [0.1, 0.15) is 49.3 Å². The van der Waals surface area contributed by atoms with E-state index in [4.69, 9.17) is 14.2 Å². The van der Waals surface area contributed by atoms with Crippen molar-refractivity contribution in [2.75, 3.05) is 41.0 Å². The molecule has 0 heterocycles. The van der Waals surface area contributed by atoms with Gasteiger partial charge in [0.05, 0.1) is 20.8 Å². The average Bonchev–Trinajstić information content (AvgIpc) is 2.86. The van der Waals surface area contributed by atoms with Gasteiger partial charge in [-0.3, -0.25) is 0 Å². The molecule has 35 heavy (non-hydrogen) atoms. The zero-order valence-electron chi connectivity index (χ0n) is 21.8. The minimum Gasteiger partial charge on any atom is -0.493 e. The summed E-state index contributed by atoms with van der Waals surface area (Å²) in [4.78, 5) is 14.1. The first-order valence-corrected chi connectivity index (χ1v) is 12.7. The topological polar surface area (TPSA) is 68.2 Å². The lowest BCUT2D eigenvalue weighted by atomic mass is 9.70. The number of carboxylic acids is 1. The molecule has 0 spiro atoms. The summed E-state index contributed by atoms with van der Waals surface area (Å²) in [6.45, 7) is 6.47. The van der Waals surface area contributed by atoms with Gasteiger partial charge in [-0.05, 0) is 79.3 Å². The minimum absolute atomic E-state index is 0.342. The van der Waals surface area contributed by atoms with Crippen molar-refractivity contribution in [3.63, 3.8) is 0 Å². The fraction of sp³-hybridized carbons (Fsp3) is 0.552. The van der Waals surface area contributed by atoms with Crippen molar-refractivity contribution in [2.24, 2.45) is 11.8 Å². The smallest absolute Gasteiger partial charge is 0.332 e. The molecule has 3 rings (SSSR count). The highest BCUT2D eigenvalue weighted by molar-refractivity contribution is 5.72. The van der Waals surface area contributed by atoms with Gasteiger partial charge in [0.2, 0.25) is 0 Å². The highest BCUT2D eigenvalue weighted by Crippen LogP contribution is 2.41. The molecule has 6 nitrogen and oxygen atoms in total. The van der Waals surface area contributed by atoms with Crippen molar-refractivity contribution >= 4 is 5.97 Å². The molecule has 192 valence electrons. The van der Waals surface area contributed by atoms with Gasteiger partial charge in [0, 0.05) is 13.1 Å². The van der Waals surface area contributed by atoms with Crippen LogP contribution in [0.15, 0.2) is 42.5 Å². The Morgan fingerprint density at radius 2 is 1.83 bits per heavy atom. The maximum absolute atomic E-state index is 11.9. The van der Waals surface area contributed by atoms with Crippen LogP contribution in [0.4, 0.5) is 0 Å². The normalized spacial score (nSPS) is 18.4. The molecule has 6 heteroatoms. The van der Waals surface area contributed by atoms with E-state index in [0.717, 1.165) is 37.1 Å². The SMILES string of the molecule is COc1ccc(CCN(C)CCC(OC[C@@H]2CCc3ccccc3[C@@H]2C(C)C)C(=O)O)cc1OC. The number of carbonyl (C=O) groups is 1. The summed E-state index contributed by atoms with van der Waals surface area (Å²) in [5, 5.41) is 9.79. The van der Waals surface area contributed by atoms with Crippen LogP contribution in [0, 0.1) is 11.8 Å². The number of rotatable bonds is 13. The summed E-state index contributed by atoms with van der Waals surface area (Å²) in [6, 6.07) is 14.6. The number of benzene rings is 2. The molecule has 1 aliphatic carbocycles. The van der Waals surface area contributed by atoms with Crippen molar-refractivity contribution in [1.29, 1.82) is 0 Å². The Morgan fingerprint density at radius 1 is 1.09 bits per heavy atom. The zero-order chi connectivity index (χ0) is 25.4. The summed E-state index contributed by atoms with van der Waals surface area (Å²) in [5.74, 6) is 1.78. The fourth-order valence-corrected chi connectivity index (χ4v) is 5.28. The number of hydrogen-bond acceptors (Lipinski definition) is 5. The summed E-state index contributed by atoms with van der Waals surface area (Å²) < 4.78 is 16.7. The molecule has 0 bridgehead atoms. The van der Waals surface area contributed by atoms with Gasteiger partial charge in [0.25, 0.3) is 0 Å². The Labute approximate surface area is 210 Å². The number of hydrogen-bond donors (Lipinski definition) is 1. The summed E-state index contributed by atoms with van der Waals surface area (Å²) in [6.07, 6.45) is 2.59. The van der Waals surface area contributed by atoms with Crippen molar-refractivity contribution < 1.29 is 24.1 Å². The van der Waals surface area contributed by atoms with E-state index in [1.165, 1.54) is 11.1 Å². The minimum atomic E-state index is -0.879. The van der Waals surface area contributed by atoms with Crippen LogP contribution in [-0.2, 0) is 22.4 Å². The third-order valence-corrected chi connectivity index (χ3v) is 7.21. The molecular weight excluding hydrogens is 442 g/mol. The lowest BCUT2D eigenvalue weighted by molar-refractivity contribution is -0.152. The molecule has 2 aromatic carbocycles. The first kappa shape index (κ1) is 27.0. The fourth-order valence-electron chi connectivity index (χ4n) is 5.28. The Hall–Kier alpha value is -2.57. The number of ether oxygens (including phenoxy) is 3. The van der Waals surface area contributed by atoms with E-state index in [0.29, 0.717) is 43.1 Å². The molecule has 1 N–H and O–H groups in total. The molecule has 1 unspecified atom stereocenters. The van der Waals surface area contributed by atoms with Crippen LogP contribution < -0.4 is 9.47 Å². The van der Waals surface area contributed by atoms with Crippen molar-refractivity contribution in [3.05, 3.63) is 59.2 Å². The standard InChI is InChI=1S/C29H41NO5/c1-20(2)28-23(12-11-22-8-6-7-9-24(22)28)19-35-26(29(31)32)15-17-30(3)16-14-21-10-13-25(33-4)27(18-21)34-5/h6-10,13,18,20,23,26,28H,11-12,14-17,19H2,1-5H3,(H,31,32)/t23-,26?,28+/m0/s1. The van der Waals surface area contributed by atoms with Crippen LogP contribution in [0.5, 0.6) is 11.5 Å². The number of nitrogens with zero attached hydrogens (tertiary/aromatic N) is 1. The Kier molecular flexibility index (Phi) is 9.99. The van der Waals surface area contributed by atoms with Crippen LogP contribution in [-0.4, -0.2) is 63.0 Å². The molecule has 0 fully saturated rings. The van der Waals surface area contributed by atoms with E-state index in [1.807, 2.05) is 25.2 Å². The van der Waals surface area contributed by atoms with Crippen LogP contribution in [0.2, 0.25) is 0 Å². The number of aliphatic carboxylic acids is 1. The van der Waals surface area contributed by atoms with Crippen molar-refractivity contribution in [1.82, 2.24) is 4.90 Å². The van der Waals surface area contributed by atoms with E-state index in [1.54, 1.807) is 14.2 Å². The van der Waals surface area contributed by atoms with Gasteiger partial charge in [0.15, 0.2) is 17.6 Å². The molecule has 0 aromatic heterocycles. The van der Waals surface area contributed by atoms with Gasteiger partial charge in [-0.1, -0.05) is 44.2 Å². The van der Waals surface area contributed by atoms with Crippen LogP contribution in [0.3, 0.4) is 0 Å². The zero-order valence-corrected chi connectivity index (χ0v) is 21.8. The van der Waals surface area contributed by atoms with Gasteiger partial charge in [0.1, 0.15) is 0 Å². The number of likely N-dealkylation sites (N-methyl/N-ethyl adjacent to an activating group) is 1. The van der Waals surface area contributed by atoms with E-state index < -0.39 is 12.1 Å². The molecule has 0 amide bonds. The van der Waals surface area contributed by atoms with Crippen molar-refractivity contribution in [2.45, 2.75) is 51.6 Å². The van der Waals surface area contributed by atoms with Gasteiger partial charge < -0.3 is 24.2 Å². The monoisotopic (exact) mass is 483 g/mol. The second kappa shape index (κ2) is 12.9. The number of carboxylic acid groups (broad SMARTS) is 1. The third kappa shape index (κ3) is 7.21. The van der Waals surface area contributed by atoms with E-state index in [9.17, 15) is 9.90 Å². The Balaban J connectivity index is 1.51. The maximum Gasteiger partial charge on any atom is 0.332 e. The first-order valence-electron chi connectivity index (χ1n) is 12.7. The van der Waals surface area contributed by atoms with E-state index in [-0.39, 0.29) is 0 Å². The van der Waals surface area contributed by atoms with Crippen molar-refractivity contribution in [3.8, 4) is 11.5 Å². The van der Waals surface area contributed by atoms with Gasteiger partial charge in [-0.25, -0.2) is 4.79 Å². The second-order valence-corrected chi connectivity index (χ2v) is 9.96. The largest absolute Gasteiger partial charge is 0.493 e. The van der Waals surface area contributed by atoms with E-state index in [2.05, 4.69) is 43.0 Å². The molecule has 0 aliphatic heterocycles. The van der Waals surface area contributed by atoms with Crippen LogP contribution in [0.25, 0.3) is 0 Å². The lowest BCUT2D eigenvalue weighted by Crippen LogP contribution is -2.34. The second-order valence-electron chi connectivity index (χ2n) is 9.96. The van der Waals surface area contributed by atoms with Gasteiger partial charge >= 0.3 is 5.97 Å². The molecular formula is C29H41NO5. The molecule has 2 aromatic rings. The third-order valence-electron chi connectivity index (χ3n) is 7.21. The molecule has 0 saturated carbocycles. The summed E-state index contributed by atoms with van der Waals surface area (Å²) in [7, 11) is 5.28. The van der Waals surface area contributed by atoms with Crippen LogP contribution >= 0.6 is 0 Å². The maximum atomic E-state index is 11.9. The predicted octanol–water partition coefficient (Wildman–Crippen LogP) is 5.04. The first-order chi connectivity index (χ1) is 16.8. The highest BCUT2D eigenvalue weighted by Gasteiger charge is 2.33. The number of fused-ring (bicyclic) bond motifs is 1. The van der Waals surface area contributed by atoms with Gasteiger partial charge in [-0.15, -0.1) is 0 Å². The lowest BCUT2D eigenvalue weighted by Gasteiger charge is -2.36. The highest BCUT2D eigenvalue weighted by atomic mass is 16.5. The molecule has 0 radical (unpaired) electrons. The Bertz CT molecular complexity index is 960. The number of aryl methyl sites for hydroxylation is 1. The summed E-state index contributed by atoms with van der Waals surface area (Å²) >= 11 is 0. The van der Waals surface area contributed by atoms with E-state index >= 15 is 0 Å². The molecule has 1 aliphatic rings.